The molecule has 2 fully saturated rings. The van der Waals surface area contributed by atoms with Crippen molar-refractivity contribution in [3.05, 3.63) is 16.5 Å². The second kappa shape index (κ2) is 5.44. The van der Waals surface area contributed by atoms with Gasteiger partial charge in [-0.25, -0.2) is 8.42 Å². The maximum atomic E-state index is 12.8. The Morgan fingerprint density at radius 2 is 2.10 bits per heavy atom. The first-order valence-corrected chi connectivity index (χ1v) is 9.27. The monoisotopic (exact) mass is 362 g/mol. The highest BCUT2D eigenvalue weighted by molar-refractivity contribution is 9.10. The van der Waals surface area contributed by atoms with Crippen LogP contribution in [0.1, 0.15) is 37.9 Å². The van der Waals surface area contributed by atoms with Gasteiger partial charge in [0.1, 0.15) is 10.7 Å². The van der Waals surface area contributed by atoms with Crippen molar-refractivity contribution in [3.63, 3.8) is 0 Å². The van der Waals surface area contributed by atoms with Crippen molar-refractivity contribution in [1.82, 2.24) is 4.31 Å². The van der Waals surface area contributed by atoms with E-state index in [1.54, 1.807) is 4.31 Å². The highest BCUT2D eigenvalue weighted by atomic mass is 79.9. The molecule has 1 aromatic rings. The zero-order valence-corrected chi connectivity index (χ0v) is 13.6. The van der Waals surface area contributed by atoms with E-state index in [1.807, 2.05) is 0 Å². The maximum Gasteiger partial charge on any atom is 0.247 e. The molecule has 0 bridgehead atoms. The van der Waals surface area contributed by atoms with Crippen LogP contribution in [-0.4, -0.2) is 25.3 Å². The Bertz CT molecular complexity index is 599. The van der Waals surface area contributed by atoms with Crippen LogP contribution in [0.4, 0.5) is 0 Å². The molecule has 0 aromatic carbocycles. The fraction of sp³-hybridized carbons (Fsp3) is 0.692. The van der Waals surface area contributed by atoms with Gasteiger partial charge in [0.25, 0.3) is 0 Å². The number of hydrogen-bond acceptors (Lipinski definition) is 4. The van der Waals surface area contributed by atoms with Gasteiger partial charge in [0, 0.05) is 18.7 Å². The van der Waals surface area contributed by atoms with Crippen molar-refractivity contribution in [2.45, 2.75) is 49.6 Å². The third kappa shape index (κ3) is 2.34. The highest BCUT2D eigenvalue weighted by Crippen LogP contribution is 2.40. The number of fused-ring (bicyclic) bond motifs is 1. The maximum absolute atomic E-state index is 12.8. The predicted octanol–water partition coefficient (Wildman–Crippen LogP) is 2.45. The van der Waals surface area contributed by atoms with Crippen LogP contribution in [0, 0.1) is 5.92 Å². The van der Waals surface area contributed by atoms with E-state index in [-0.39, 0.29) is 22.2 Å². The second-order valence-corrected chi connectivity index (χ2v) is 8.15. The van der Waals surface area contributed by atoms with E-state index in [9.17, 15) is 8.42 Å². The minimum absolute atomic E-state index is 0.164. The van der Waals surface area contributed by atoms with E-state index in [2.05, 4.69) is 15.9 Å². The number of rotatable bonds is 3. The van der Waals surface area contributed by atoms with E-state index in [4.69, 9.17) is 10.2 Å². The number of nitrogens with two attached hydrogens (primary N) is 1. The molecule has 1 saturated heterocycles. The predicted molar refractivity (Wildman–Crippen MR) is 78.6 cm³/mol. The largest absolute Gasteiger partial charge is 0.452 e. The fourth-order valence-electron chi connectivity index (χ4n) is 3.46. The molecular formula is C13H19BrN2O3S. The quantitative estimate of drug-likeness (QED) is 0.895. The first-order chi connectivity index (χ1) is 9.54. The average Bonchev–Trinajstić information content (AvgIpc) is 3.02. The molecule has 1 aliphatic heterocycles. The zero-order valence-electron chi connectivity index (χ0n) is 11.2. The van der Waals surface area contributed by atoms with Gasteiger partial charge in [-0.1, -0.05) is 12.8 Å². The minimum atomic E-state index is -3.49. The Morgan fingerprint density at radius 1 is 1.35 bits per heavy atom. The molecule has 2 atom stereocenters. The van der Waals surface area contributed by atoms with Crippen LogP contribution in [0.25, 0.3) is 0 Å². The lowest BCUT2D eigenvalue weighted by Gasteiger charge is -2.30. The van der Waals surface area contributed by atoms with Crippen LogP contribution in [0.2, 0.25) is 0 Å². The zero-order chi connectivity index (χ0) is 14.3. The van der Waals surface area contributed by atoms with Crippen molar-refractivity contribution >= 4 is 26.0 Å². The minimum Gasteiger partial charge on any atom is -0.452 e. The van der Waals surface area contributed by atoms with Gasteiger partial charge in [0.05, 0.1) is 6.54 Å². The summed E-state index contributed by atoms with van der Waals surface area (Å²) in [5, 5.41) is 0. The molecule has 3 rings (SSSR count). The number of hydrogen-bond donors (Lipinski definition) is 1. The summed E-state index contributed by atoms with van der Waals surface area (Å²) in [7, 11) is -3.49. The summed E-state index contributed by atoms with van der Waals surface area (Å²) in [4.78, 5) is 0.212. The summed E-state index contributed by atoms with van der Waals surface area (Å²) < 4.78 is 32.9. The van der Waals surface area contributed by atoms with Gasteiger partial charge in [-0.3, -0.25) is 0 Å². The second-order valence-electron chi connectivity index (χ2n) is 5.57. The molecule has 20 heavy (non-hydrogen) atoms. The molecule has 7 heteroatoms. The molecule has 1 aromatic heterocycles. The van der Waals surface area contributed by atoms with Crippen LogP contribution >= 0.6 is 15.9 Å². The van der Waals surface area contributed by atoms with Gasteiger partial charge >= 0.3 is 0 Å². The molecule has 112 valence electrons. The lowest BCUT2D eigenvalue weighted by atomic mass is 9.86. The van der Waals surface area contributed by atoms with Gasteiger partial charge < -0.3 is 10.2 Å². The van der Waals surface area contributed by atoms with Gasteiger partial charge in [-0.05, 0) is 41.1 Å². The molecule has 1 aliphatic carbocycles. The molecule has 0 spiro atoms. The van der Waals surface area contributed by atoms with E-state index >= 15 is 0 Å². The molecule has 2 N–H and O–H groups in total. The smallest absolute Gasteiger partial charge is 0.247 e. The summed E-state index contributed by atoms with van der Waals surface area (Å²) in [6.45, 7) is 0.813. The molecule has 0 amide bonds. The van der Waals surface area contributed by atoms with Crippen molar-refractivity contribution in [2.24, 2.45) is 11.7 Å². The Hall–Kier alpha value is -0.370. The van der Waals surface area contributed by atoms with Crippen LogP contribution in [-0.2, 0) is 16.6 Å². The van der Waals surface area contributed by atoms with Crippen LogP contribution < -0.4 is 5.73 Å². The molecule has 2 unspecified atom stereocenters. The molecule has 5 nitrogen and oxygen atoms in total. The van der Waals surface area contributed by atoms with Gasteiger partial charge in [-0.15, -0.1) is 0 Å². The number of sulfonamides is 1. The van der Waals surface area contributed by atoms with E-state index in [0.29, 0.717) is 18.2 Å². The number of furan rings is 1. The first-order valence-electron chi connectivity index (χ1n) is 7.04. The van der Waals surface area contributed by atoms with Crippen molar-refractivity contribution in [2.75, 3.05) is 6.54 Å². The fourth-order valence-corrected chi connectivity index (χ4v) is 6.16. The third-order valence-corrected chi connectivity index (χ3v) is 7.23. The summed E-state index contributed by atoms with van der Waals surface area (Å²) in [6, 6.07) is 1.70. The van der Waals surface area contributed by atoms with E-state index in [1.165, 1.54) is 12.5 Å². The van der Waals surface area contributed by atoms with Crippen molar-refractivity contribution in [3.8, 4) is 0 Å². The Kier molecular flexibility index (Phi) is 3.96. The Morgan fingerprint density at radius 3 is 2.80 bits per heavy atom. The van der Waals surface area contributed by atoms with E-state index < -0.39 is 10.0 Å². The van der Waals surface area contributed by atoms with Gasteiger partial charge in [0.15, 0.2) is 4.67 Å². The summed E-state index contributed by atoms with van der Waals surface area (Å²) >= 11 is 3.20. The average molecular weight is 363 g/mol. The molecule has 0 radical (unpaired) electrons. The molecule has 2 heterocycles. The molecule has 1 saturated carbocycles. The topological polar surface area (TPSA) is 76.5 Å². The van der Waals surface area contributed by atoms with Crippen LogP contribution in [0.15, 0.2) is 20.0 Å². The molecular weight excluding hydrogens is 344 g/mol. The van der Waals surface area contributed by atoms with Crippen molar-refractivity contribution < 1.29 is 12.8 Å². The first kappa shape index (κ1) is 14.6. The lowest BCUT2D eigenvalue weighted by molar-refractivity contribution is 0.260. The normalized spacial score (nSPS) is 27.7. The summed E-state index contributed by atoms with van der Waals surface area (Å²) in [5.74, 6) is 1.01. The van der Waals surface area contributed by atoms with Crippen LogP contribution in [0.3, 0.4) is 0 Å². The van der Waals surface area contributed by atoms with Crippen molar-refractivity contribution in [1.29, 1.82) is 0 Å². The summed E-state index contributed by atoms with van der Waals surface area (Å²) in [6.07, 6.45) is 5.44. The lowest BCUT2D eigenvalue weighted by Crippen LogP contribution is -2.39. The van der Waals surface area contributed by atoms with Gasteiger partial charge in [0.2, 0.25) is 10.0 Å². The Balaban J connectivity index is 1.93. The summed E-state index contributed by atoms with van der Waals surface area (Å²) in [5.41, 5.74) is 5.51. The number of nitrogens with zero attached hydrogens (tertiary/aromatic N) is 1. The van der Waals surface area contributed by atoms with Gasteiger partial charge in [-0.2, -0.15) is 4.31 Å². The molecule has 2 aliphatic rings. The SMILES string of the molecule is NCc1cc(S(=O)(=O)N2CCC3CCCCC32)c(Br)o1. The third-order valence-electron chi connectivity index (χ3n) is 4.45. The number of halogens is 1. The van der Waals surface area contributed by atoms with Crippen LogP contribution in [0.5, 0.6) is 0 Å². The Labute approximate surface area is 127 Å². The standard InChI is InChI=1S/C13H19BrN2O3S/c14-13-12(7-10(8-15)19-13)20(17,18)16-6-5-9-3-1-2-4-11(9)16/h7,9,11H,1-6,8,15H2. The van der Waals surface area contributed by atoms with E-state index in [0.717, 1.165) is 25.7 Å². The highest BCUT2D eigenvalue weighted by Gasteiger charge is 2.43.